The van der Waals surface area contributed by atoms with Gasteiger partial charge in [-0.3, -0.25) is 0 Å². The number of hydrogen-bond donors (Lipinski definition) is 2. The van der Waals surface area contributed by atoms with Crippen molar-refractivity contribution in [2.24, 2.45) is 0 Å². The predicted octanol–water partition coefficient (Wildman–Crippen LogP) is 0.366. The first-order chi connectivity index (χ1) is 12.8. The number of carbonyl (C=O) groups is 3. The summed E-state index contributed by atoms with van der Waals surface area (Å²) < 4.78 is 23.2. The Hall–Kier alpha value is -2.43. The monoisotopic (exact) mass is 392 g/mol. The van der Waals surface area contributed by atoms with Crippen molar-refractivity contribution in [1.29, 1.82) is 0 Å². The summed E-state index contributed by atoms with van der Waals surface area (Å²) in [5.74, 6) is -1.12. The van der Waals surface area contributed by atoms with E-state index >= 15 is 0 Å². The van der Waals surface area contributed by atoms with Crippen LogP contribution >= 0.6 is 0 Å². The molecule has 10 nitrogen and oxygen atoms in total. The molecule has 0 heterocycles. The maximum Gasteiger partial charge on any atom is 0.508 e. The molecule has 2 N–H and O–H groups in total. The highest BCUT2D eigenvalue weighted by atomic mass is 16.7. The Morgan fingerprint density at radius 1 is 0.667 bits per heavy atom. The van der Waals surface area contributed by atoms with Crippen LogP contribution in [0.4, 0.5) is 4.79 Å². The fourth-order valence-electron chi connectivity index (χ4n) is 1.04. The molecule has 0 fully saturated rings. The van der Waals surface area contributed by atoms with Crippen LogP contribution in [0.1, 0.15) is 13.8 Å². The van der Waals surface area contributed by atoms with Gasteiger partial charge < -0.3 is 33.9 Å². The summed E-state index contributed by atoms with van der Waals surface area (Å²) >= 11 is 0. The highest BCUT2D eigenvalue weighted by Gasteiger charge is 2.07. The number of carbonyl (C=O) groups excluding carboxylic acids is 3. The Morgan fingerprint density at radius 3 is 1.30 bits per heavy atom. The third-order valence-corrected chi connectivity index (χ3v) is 2.24. The van der Waals surface area contributed by atoms with E-state index in [1.54, 1.807) is 0 Å². The van der Waals surface area contributed by atoms with Crippen LogP contribution in [0.3, 0.4) is 0 Å². The molecule has 0 aromatic carbocycles. The van der Waals surface area contributed by atoms with Crippen molar-refractivity contribution in [3.63, 3.8) is 0 Å². The summed E-state index contributed by atoms with van der Waals surface area (Å²) in [5, 5.41) is 16.2. The van der Waals surface area contributed by atoms with E-state index in [1.165, 1.54) is 13.8 Å². The van der Waals surface area contributed by atoms with Crippen molar-refractivity contribution in [2.75, 3.05) is 52.9 Å². The van der Waals surface area contributed by atoms with Gasteiger partial charge in [-0.1, -0.05) is 13.2 Å². The molecule has 10 heteroatoms. The summed E-state index contributed by atoms with van der Waals surface area (Å²) in [5.41, 5.74) is 0.513. The maximum atomic E-state index is 11.0. The van der Waals surface area contributed by atoms with Crippen molar-refractivity contribution in [2.45, 2.75) is 13.8 Å². The molecule has 0 amide bonds. The molecule has 0 aliphatic carbocycles. The fourth-order valence-corrected chi connectivity index (χ4v) is 1.04. The second-order valence-corrected chi connectivity index (χ2v) is 4.84. The summed E-state index contributed by atoms with van der Waals surface area (Å²) in [7, 11) is 0. The number of aliphatic hydroxyl groups excluding tert-OH is 2. The molecular formula is C17H28O10. The Morgan fingerprint density at radius 2 is 1.00 bits per heavy atom. The van der Waals surface area contributed by atoms with E-state index in [0.29, 0.717) is 13.2 Å². The zero-order valence-corrected chi connectivity index (χ0v) is 15.7. The van der Waals surface area contributed by atoms with E-state index in [2.05, 4.69) is 36.8 Å². The van der Waals surface area contributed by atoms with Crippen LogP contribution in [0.15, 0.2) is 24.3 Å². The molecule has 0 aliphatic heterocycles. The Balaban J connectivity index is 0. The van der Waals surface area contributed by atoms with E-state index in [4.69, 9.17) is 10.2 Å². The summed E-state index contributed by atoms with van der Waals surface area (Å²) in [6.45, 7) is 10.0. The fraction of sp³-hybridized carbons (Fsp3) is 0.588. The molecule has 0 aromatic rings. The minimum atomic E-state index is -0.942. The van der Waals surface area contributed by atoms with Crippen LogP contribution in [0, 0.1) is 0 Å². The molecule has 0 saturated heterocycles. The van der Waals surface area contributed by atoms with Crippen molar-refractivity contribution < 1.29 is 48.3 Å². The molecule has 0 rings (SSSR count). The number of esters is 2. The van der Waals surface area contributed by atoms with Gasteiger partial charge in [0.1, 0.15) is 26.4 Å². The average molecular weight is 392 g/mol. The van der Waals surface area contributed by atoms with Gasteiger partial charge in [-0.2, -0.15) is 0 Å². The van der Waals surface area contributed by atoms with Gasteiger partial charge in [0, 0.05) is 11.1 Å². The number of ether oxygens (including phenoxy) is 5. The lowest BCUT2D eigenvalue weighted by atomic mass is 10.4. The van der Waals surface area contributed by atoms with Gasteiger partial charge in [-0.25, -0.2) is 14.4 Å². The first-order valence-corrected chi connectivity index (χ1v) is 8.00. The van der Waals surface area contributed by atoms with E-state index in [1.807, 2.05) is 0 Å². The molecule has 27 heavy (non-hydrogen) atoms. The van der Waals surface area contributed by atoms with Gasteiger partial charge in [0.15, 0.2) is 0 Å². The van der Waals surface area contributed by atoms with Gasteiger partial charge >= 0.3 is 18.1 Å². The van der Waals surface area contributed by atoms with Crippen LogP contribution in [0.25, 0.3) is 0 Å². The quantitative estimate of drug-likeness (QED) is 0.207. The largest absolute Gasteiger partial charge is 0.508 e. The second-order valence-electron chi connectivity index (χ2n) is 4.84. The highest BCUT2D eigenvalue weighted by Crippen LogP contribution is 1.94. The van der Waals surface area contributed by atoms with Crippen molar-refractivity contribution in [1.82, 2.24) is 0 Å². The lowest BCUT2D eigenvalue weighted by Crippen LogP contribution is -2.17. The summed E-state index contributed by atoms with van der Waals surface area (Å²) in [4.78, 5) is 33.0. The van der Waals surface area contributed by atoms with Crippen molar-refractivity contribution >= 4 is 18.1 Å². The van der Waals surface area contributed by atoms with Crippen molar-refractivity contribution in [3.8, 4) is 0 Å². The zero-order valence-electron chi connectivity index (χ0n) is 15.7. The van der Waals surface area contributed by atoms with Gasteiger partial charge in [-0.15, -0.1) is 0 Å². The van der Waals surface area contributed by atoms with Gasteiger partial charge in [0.05, 0.1) is 26.4 Å². The number of rotatable bonds is 12. The first-order valence-electron chi connectivity index (χ1n) is 8.00. The lowest BCUT2D eigenvalue weighted by molar-refractivity contribution is -0.140. The Labute approximate surface area is 158 Å². The Bertz CT molecular complexity index is 432. The van der Waals surface area contributed by atoms with Crippen LogP contribution in [-0.2, 0) is 33.3 Å². The van der Waals surface area contributed by atoms with Crippen molar-refractivity contribution in [3.05, 3.63) is 24.3 Å². The average Bonchev–Trinajstić information content (AvgIpc) is 2.62. The van der Waals surface area contributed by atoms with E-state index in [9.17, 15) is 14.4 Å². The smallest absolute Gasteiger partial charge is 0.459 e. The van der Waals surface area contributed by atoms with Gasteiger partial charge in [0.25, 0.3) is 0 Å². The molecule has 0 aromatic heterocycles. The minimum Gasteiger partial charge on any atom is -0.459 e. The van der Waals surface area contributed by atoms with Crippen LogP contribution in [-0.4, -0.2) is 81.2 Å². The van der Waals surface area contributed by atoms with Crippen LogP contribution < -0.4 is 0 Å². The molecule has 0 aliphatic rings. The molecule has 0 unspecified atom stereocenters. The Kier molecular flexibility index (Phi) is 18.2. The number of aliphatic hydroxyl groups is 2. The first kappa shape index (κ1) is 26.8. The standard InChI is InChI=1S/C13H18O7.C4H10O3/c1-9(2)11(14)17-5-7-19-13(16)20-8-6-18-12(15)10(3)4;5-1-3-7-4-2-6/h1,3,5-8H2,2,4H3;5-6H,1-4H2. The molecule has 0 atom stereocenters. The molecule has 0 radical (unpaired) electrons. The van der Waals surface area contributed by atoms with E-state index < -0.39 is 18.1 Å². The molecule has 0 saturated carbocycles. The summed E-state index contributed by atoms with van der Waals surface area (Å²) in [6, 6.07) is 0. The normalized spacial score (nSPS) is 9.33. The predicted molar refractivity (Wildman–Crippen MR) is 93.8 cm³/mol. The van der Waals surface area contributed by atoms with Crippen LogP contribution in [0.2, 0.25) is 0 Å². The third kappa shape index (κ3) is 19.7. The van der Waals surface area contributed by atoms with E-state index in [0.717, 1.165) is 0 Å². The minimum absolute atomic E-state index is 0.0278. The zero-order chi connectivity index (χ0) is 21.1. The molecular weight excluding hydrogens is 364 g/mol. The SMILES string of the molecule is C=C(C)C(=O)OCCOC(=O)OCCOC(=O)C(=C)C.OCCOCCO. The van der Waals surface area contributed by atoms with Crippen LogP contribution in [0.5, 0.6) is 0 Å². The highest BCUT2D eigenvalue weighted by molar-refractivity contribution is 5.87. The van der Waals surface area contributed by atoms with Gasteiger partial charge in [0.2, 0.25) is 0 Å². The van der Waals surface area contributed by atoms with E-state index in [-0.39, 0.29) is 50.8 Å². The lowest BCUT2D eigenvalue weighted by Gasteiger charge is -2.07. The van der Waals surface area contributed by atoms with Gasteiger partial charge in [-0.05, 0) is 13.8 Å². The molecule has 156 valence electrons. The second kappa shape index (κ2) is 18.4. The summed E-state index contributed by atoms with van der Waals surface area (Å²) in [6.07, 6.45) is -0.942. The maximum absolute atomic E-state index is 11.0. The number of hydrogen-bond acceptors (Lipinski definition) is 10. The molecule has 0 spiro atoms. The third-order valence-electron chi connectivity index (χ3n) is 2.24. The molecule has 0 bridgehead atoms. The topological polar surface area (TPSA) is 138 Å².